The minimum Gasteiger partial charge on any atom is -0.496 e. The Balaban J connectivity index is 2.67. The van der Waals surface area contributed by atoms with Gasteiger partial charge in [-0.25, -0.2) is 0 Å². The van der Waals surface area contributed by atoms with Crippen molar-refractivity contribution in [2.75, 3.05) is 13.7 Å². The van der Waals surface area contributed by atoms with Gasteiger partial charge < -0.3 is 10.1 Å². The molecule has 1 aromatic rings. The van der Waals surface area contributed by atoms with Gasteiger partial charge in [0.1, 0.15) is 5.75 Å². The van der Waals surface area contributed by atoms with Gasteiger partial charge in [-0.2, -0.15) is 0 Å². The summed E-state index contributed by atoms with van der Waals surface area (Å²) in [5.41, 5.74) is 1.59. The molecule has 18 heavy (non-hydrogen) atoms. The van der Waals surface area contributed by atoms with E-state index in [1.807, 2.05) is 26.8 Å². The lowest BCUT2D eigenvalue weighted by atomic mass is 10.1. The summed E-state index contributed by atoms with van der Waals surface area (Å²) in [5, 5.41) is 2.77. The normalized spacial score (nSPS) is 12.3. The zero-order chi connectivity index (χ0) is 13.7. The van der Waals surface area contributed by atoms with Gasteiger partial charge in [-0.05, 0) is 30.5 Å². The van der Waals surface area contributed by atoms with E-state index in [-0.39, 0.29) is 11.3 Å². The van der Waals surface area contributed by atoms with Gasteiger partial charge in [0.15, 0.2) is 0 Å². The van der Waals surface area contributed by atoms with E-state index in [2.05, 4.69) is 5.32 Å². The molecule has 0 heterocycles. The molecule has 1 amide bonds. The molecule has 0 saturated carbocycles. The van der Waals surface area contributed by atoms with Gasteiger partial charge in [-0.15, -0.1) is 11.6 Å². The lowest BCUT2D eigenvalue weighted by Gasteiger charge is -2.14. The Morgan fingerprint density at radius 3 is 2.67 bits per heavy atom. The average molecular weight is 270 g/mol. The van der Waals surface area contributed by atoms with Crippen molar-refractivity contribution in [2.45, 2.75) is 26.1 Å². The number of hydrogen-bond donors (Lipinski definition) is 1. The van der Waals surface area contributed by atoms with Crippen molar-refractivity contribution in [2.24, 2.45) is 5.92 Å². The van der Waals surface area contributed by atoms with Crippen molar-refractivity contribution in [1.82, 2.24) is 5.32 Å². The molecular formula is C14H20ClNO2. The molecule has 0 aliphatic heterocycles. The molecule has 1 unspecified atom stereocenters. The van der Waals surface area contributed by atoms with E-state index in [0.717, 1.165) is 5.56 Å². The highest BCUT2D eigenvalue weighted by Gasteiger charge is 2.13. The second kappa shape index (κ2) is 6.64. The predicted molar refractivity (Wildman–Crippen MR) is 74.5 cm³/mol. The first-order valence-electron chi connectivity index (χ1n) is 6.02. The summed E-state index contributed by atoms with van der Waals surface area (Å²) >= 11 is 6.09. The highest BCUT2D eigenvalue weighted by molar-refractivity contribution is 6.21. The molecule has 0 aliphatic rings. The quantitative estimate of drug-likeness (QED) is 0.835. The number of benzene rings is 1. The van der Waals surface area contributed by atoms with Gasteiger partial charge in [-0.1, -0.05) is 19.9 Å². The van der Waals surface area contributed by atoms with E-state index in [1.54, 1.807) is 19.2 Å². The lowest BCUT2D eigenvalue weighted by molar-refractivity contribution is 0.0952. The molecule has 0 bridgehead atoms. The molecule has 3 nitrogen and oxygen atoms in total. The minimum atomic E-state index is -0.125. The zero-order valence-corrected chi connectivity index (χ0v) is 12.0. The molecule has 0 aromatic heterocycles. The van der Waals surface area contributed by atoms with Crippen molar-refractivity contribution < 1.29 is 9.53 Å². The van der Waals surface area contributed by atoms with Crippen LogP contribution in [0, 0.1) is 12.8 Å². The van der Waals surface area contributed by atoms with E-state index >= 15 is 0 Å². The Kier molecular flexibility index (Phi) is 5.48. The lowest BCUT2D eigenvalue weighted by Crippen LogP contribution is -2.31. The number of carbonyl (C=O) groups is 1. The first-order valence-corrected chi connectivity index (χ1v) is 6.46. The van der Waals surface area contributed by atoms with Crippen molar-refractivity contribution in [1.29, 1.82) is 0 Å². The predicted octanol–water partition coefficient (Wildman–Crippen LogP) is 3.00. The number of hydrogen-bond acceptors (Lipinski definition) is 2. The molecule has 0 aliphatic carbocycles. The van der Waals surface area contributed by atoms with Gasteiger partial charge >= 0.3 is 0 Å². The molecule has 0 fully saturated rings. The second-order valence-corrected chi connectivity index (χ2v) is 5.22. The first kappa shape index (κ1) is 14.8. The Hall–Kier alpha value is -1.22. The zero-order valence-electron chi connectivity index (χ0n) is 11.3. The highest BCUT2D eigenvalue weighted by Crippen LogP contribution is 2.19. The summed E-state index contributed by atoms with van der Waals surface area (Å²) in [4.78, 5) is 11.9. The molecule has 1 N–H and O–H groups in total. The summed E-state index contributed by atoms with van der Waals surface area (Å²) < 4.78 is 5.19. The van der Waals surface area contributed by atoms with Crippen LogP contribution in [-0.4, -0.2) is 24.9 Å². The molecule has 0 radical (unpaired) electrons. The third-order valence-corrected chi connectivity index (χ3v) is 3.51. The van der Waals surface area contributed by atoms with E-state index < -0.39 is 0 Å². The van der Waals surface area contributed by atoms with E-state index in [0.29, 0.717) is 23.8 Å². The molecule has 0 saturated heterocycles. The van der Waals surface area contributed by atoms with Crippen molar-refractivity contribution in [3.8, 4) is 5.75 Å². The van der Waals surface area contributed by atoms with E-state index in [9.17, 15) is 4.79 Å². The fraction of sp³-hybridized carbons (Fsp3) is 0.500. The summed E-state index contributed by atoms with van der Waals surface area (Å²) in [7, 11) is 1.59. The number of methoxy groups -OCH3 is 1. The minimum absolute atomic E-state index is 0.0544. The van der Waals surface area contributed by atoms with Crippen molar-refractivity contribution in [3.05, 3.63) is 29.3 Å². The topological polar surface area (TPSA) is 38.3 Å². The number of alkyl halides is 1. The van der Waals surface area contributed by atoms with Crippen LogP contribution in [0.3, 0.4) is 0 Å². The molecule has 1 atom stereocenters. The average Bonchev–Trinajstić information content (AvgIpc) is 2.35. The molecule has 0 spiro atoms. The summed E-state index contributed by atoms with van der Waals surface area (Å²) in [6.45, 7) is 6.46. The van der Waals surface area contributed by atoms with Gasteiger partial charge in [-0.3, -0.25) is 4.79 Å². The standard InChI is InChI=1S/C14H20ClNO2/c1-9(2)12(15)8-16-14(17)11-6-5-10(3)13(7-11)18-4/h5-7,9,12H,8H2,1-4H3,(H,16,17). The number of ether oxygens (including phenoxy) is 1. The number of carbonyl (C=O) groups excluding carboxylic acids is 1. The number of rotatable bonds is 5. The first-order chi connectivity index (χ1) is 8.45. The van der Waals surface area contributed by atoms with Crippen LogP contribution in [0.2, 0.25) is 0 Å². The van der Waals surface area contributed by atoms with Gasteiger partial charge in [0.05, 0.1) is 12.5 Å². The molecular weight excluding hydrogens is 250 g/mol. The van der Waals surface area contributed by atoms with Crippen LogP contribution in [-0.2, 0) is 0 Å². The van der Waals surface area contributed by atoms with Crippen LogP contribution in [0.5, 0.6) is 5.75 Å². The fourth-order valence-electron chi connectivity index (χ4n) is 1.49. The largest absolute Gasteiger partial charge is 0.496 e. The van der Waals surface area contributed by atoms with Crippen LogP contribution in [0.15, 0.2) is 18.2 Å². The highest BCUT2D eigenvalue weighted by atomic mass is 35.5. The Labute approximate surface area is 113 Å². The Bertz CT molecular complexity index is 418. The van der Waals surface area contributed by atoms with Crippen LogP contribution < -0.4 is 10.1 Å². The van der Waals surface area contributed by atoms with E-state index in [4.69, 9.17) is 16.3 Å². The Morgan fingerprint density at radius 1 is 1.44 bits per heavy atom. The fourth-order valence-corrected chi connectivity index (χ4v) is 1.57. The summed E-state index contributed by atoms with van der Waals surface area (Å²) in [6, 6.07) is 5.39. The number of aryl methyl sites for hydroxylation is 1. The summed E-state index contributed by atoms with van der Waals surface area (Å²) in [5.74, 6) is 0.924. The number of nitrogens with one attached hydrogen (secondary N) is 1. The van der Waals surface area contributed by atoms with Gasteiger partial charge in [0, 0.05) is 12.1 Å². The third-order valence-electron chi connectivity index (χ3n) is 2.85. The van der Waals surface area contributed by atoms with Crippen molar-refractivity contribution >= 4 is 17.5 Å². The summed E-state index contributed by atoms with van der Waals surface area (Å²) in [6.07, 6.45) is 0. The number of amides is 1. The van der Waals surface area contributed by atoms with E-state index in [1.165, 1.54) is 0 Å². The van der Waals surface area contributed by atoms with Crippen LogP contribution in [0.1, 0.15) is 29.8 Å². The second-order valence-electron chi connectivity index (χ2n) is 4.65. The van der Waals surface area contributed by atoms with Crippen molar-refractivity contribution in [3.63, 3.8) is 0 Å². The Morgan fingerprint density at radius 2 is 2.11 bits per heavy atom. The monoisotopic (exact) mass is 269 g/mol. The van der Waals surface area contributed by atoms with Gasteiger partial charge in [0.25, 0.3) is 5.91 Å². The molecule has 4 heteroatoms. The maximum Gasteiger partial charge on any atom is 0.251 e. The number of halogens is 1. The van der Waals surface area contributed by atoms with Gasteiger partial charge in [0.2, 0.25) is 0 Å². The maximum absolute atomic E-state index is 11.9. The smallest absolute Gasteiger partial charge is 0.251 e. The molecule has 1 rings (SSSR count). The van der Waals surface area contributed by atoms with Crippen LogP contribution >= 0.6 is 11.6 Å². The SMILES string of the molecule is COc1cc(C(=O)NCC(Cl)C(C)C)ccc1C. The third kappa shape index (κ3) is 3.91. The van der Waals surface area contributed by atoms with Crippen LogP contribution in [0.4, 0.5) is 0 Å². The molecule has 1 aromatic carbocycles. The van der Waals surface area contributed by atoms with Crippen LogP contribution in [0.25, 0.3) is 0 Å². The maximum atomic E-state index is 11.9. The molecule has 100 valence electrons.